The molecular weight excluding hydrogens is 279 g/mol. The molecule has 1 unspecified atom stereocenters. The van der Waals surface area contributed by atoms with E-state index in [1.165, 1.54) is 0 Å². The monoisotopic (exact) mass is 300 g/mol. The van der Waals surface area contributed by atoms with Crippen LogP contribution in [0, 0.1) is 0 Å². The van der Waals surface area contributed by atoms with Crippen LogP contribution in [0.1, 0.15) is 13.8 Å². The van der Waals surface area contributed by atoms with Crippen molar-refractivity contribution in [2.24, 2.45) is 0 Å². The van der Waals surface area contributed by atoms with E-state index in [0.717, 1.165) is 31.9 Å². The van der Waals surface area contributed by atoms with Crippen LogP contribution in [0.3, 0.4) is 0 Å². The Balaban J connectivity index is 2.39. The molecule has 0 aliphatic heterocycles. The molecule has 0 fully saturated rings. The van der Waals surface area contributed by atoms with Gasteiger partial charge in [0.2, 0.25) is 0 Å². The van der Waals surface area contributed by atoms with Crippen LogP contribution < -0.4 is 9.67 Å². The zero-order valence-electron chi connectivity index (χ0n) is 10.4. The van der Waals surface area contributed by atoms with Crippen molar-refractivity contribution in [3.8, 4) is 0 Å². The average molecular weight is 300 g/mol. The van der Waals surface area contributed by atoms with Crippen molar-refractivity contribution in [3.05, 3.63) is 24.3 Å². The standard InChI is InChI=1S/C12H21AsN2O2/c1-3-15(4-2)10-9-14-12-7-5-11(6-8-12)13(16)17/h5-8,13-14H,3-4,9-10H2,1-2H3,(H,16,17). The Labute approximate surface area is 107 Å². The molecule has 0 saturated heterocycles. The van der Waals surface area contributed by atoms with Crippen molar-refractivity contribution in [2.45, 2.75) is 13.8 Å². The van der Waals surface area contributed by atoms with Gasteiger partial charge in [0.15, 0.2) is 0 Å². The number of benzene rings is 1. The molecule has 0 bridgehead atoms. The molecule has 4 nitrogen and oxygen atoms in total. The molecule has 0 aliphatic rings. The number of rotatable bonds is 7. The van der Waals surface area contributed by atoms with Crippen molar-refractivity contribution >= 4 is 25.0 Å². The van der Waals surface area contributed by atoms with E-state index in [-0.39, 0.29) is 0 Å². The Morgan fingerprint density at radius 2 is 1.82 bits per heavy atom. The maximum atomic E-state index is 10.9. The molecule has 96 valence electrons. The van der Waals surface area contributed by atoms with Crippen LogP contribution in [0.15, 0.2) is 24.3 Å². The summed E-state index contributed by atoms with van der Waals surface area (Å²) in [5.41, 5.74) is 1.00. The summed E-state index contributed by atoms with van der Waals surface area (Å²) in [5, 5.41) is 3.30. The average Bonchev–Trinajstić information content (AvgIpc) is 2.35. The third-order valence-corrected chi connectivity index (χ3v) is 4.52. The summed E-state index contributed by atoms with van der Waals surface area (Å²) in [7, 11) is 0. The van der Waals surface area contributed by atoms with E-state index in [2.05, 4.69) is 24.1 Å². The van der Waals surface area contributed by atoms with E-state index >= 15 is 0 Å². The minimum atomic E-state index is -3.14. The van der Waals surface area contributed by atoms with Crippen LogP contribution in [0.5, 0.6) is 0 Å². The molecule has 1 aromatic rings. The topological polar surface area (TPSA) is 52.6 Å². The van der Waals surface area contributed by atoms with Gasteiger partial charge in [-0.1, -0.05) is 0 Å². The quantitative estimate of drug-likeness (QED) is 0.711. The first-order valence-electron chi connectivity index (χ1n) is 5.97. The molecule has 5 heteroatoms. The normalized spacial score (nSPS) is 12.7. The van der Waals surface area contributed by atoms with Crippen LogP contribution in [0.25, 0.3) is 0 Å². The third kappa shape index (κ3) is 4.98. The van der Waals surface area contributed by atoms with Gasteiger partial charge in [-0.25, -0.2) is 0 Å². The van der Waals surface area contributed by atoms with Gasteiger partial charge in [0, 0.05) is 0 Å². The number of nitrogens with zero attached hydrogens (tertiary/aromatic N) is 1. The zero-order chi connectivity index (χ0) is 12.7. The van der Waals surface area contributed by atoms with E-state index in [9.17, 15) is 3.74 Å². The molecule has 17 heavy (non-hydrogen) atoms. The SMILES string of the molecule is CCN(CC)CCNc1ccc([AsH](=O)O)cc1. The van der Waals surface area contributed by atoms with Gasteiger partial charge >= 0.3 is 107 Å². The number of nitrogens with one attached hydrogen (secondary N) is 1. The summed E-state index contributed by atoms with van der Waals surface area (Å²) in [6.07, 6.45) is 0. The van der Waals surface area contributed by atoms with Crippen LogP contribution >= 0.6 is 0 Å². The molecular formula is C12H21AsN2O2. The van der Waals surface area contributed by atoms with Crippen LogP contribution in [0.4, 0.5) is 5.69 Å². The van der Waals surface area contributed by atoms with Crippen molar-refractivity contribution in [3.63, 3.8) is 0 Å². The summed E-state index contributed by atoms with van der Waals surface area (Å²) >= 11 is -3.14. The van der Waals surface area contributed by atoms with Gasteiger partial charge in [0.05, 0.1) is 0 Å². The predicted octanol–water partition coefficient (Wildman–Crippen LogP) is 0.291. The van der Waals surface area contributed by atoms with Crippen molar-refractivity contribution < 1.29 is 7.84 Å². The second-order valence-electron chi connectivity index (χ2n) is 3.84. The molecule has 0 heterocycles. The fourth-order valence-corrected chi connectivity index (χ4v) is 2.58. The second-order valence-corrected chi connectivity index (χ2v) is 6.33. The Kier molecular flexibility index (Phi) is 6.41. The van der Waals surface area contributed by atoms with Gasteiger partial charge < -0.3 is 0 Å². The Morgan fingerprint density at radius 1 is 1.24 bits per heavy atom. The van der Waals surface area contributed by atoms with E-state index < -0.39 is 14.9 Å². The Bertz CT molecular complexity index is 350. The van der Waals surface area contributed by atoms with Gasteiger partial charge in [-0.2, -0.15) is 0 Å². The molecule has 1 atom stereocenters. The van der Waals surface area contributed by atoms with Gasteiger partial charge in [-0.15, -0.1) is 0 Å². The minimum absolute atomic E-state index is 0.569. The summed E-state index contributed by atoms with van der Waals surface area (Å²) in [4.78, 5) is 2.34. The predicted molar refractivity (Wildman–Crippen MR) is 72.4 cm³/mol. The van der Waals surface area contributed by atoms with Crippen LogP contribution in [0.2, 0.25) is 0 Å². The van der Waals surface area contributed by atoms with E-state index in [4.69, 9.17) is 4.10 Å². The van der Waals surface area contributed by atoms with Crippen molar-refractivity contribution in [1.82, 2.24) is 4.90 Å². The number of hydrogen-bond acceptors (Lipinski definition) is 3. The Morgan fingerprint density at radius 3 is 2.29 bits per heavy atom. The molecule has 0 aromatic heterocycles. The first-order chi connectivity index (χ1) is 8.17. The van der Waals surface area contributed by atoms with Gasteiger partial charge in [-0.05, 0) is 0 Å². The summed E-state index contributed by atoms with van der Waals surface area (Å²) < 4.78 is 20.5. The maximum absolute atomic E-state index is 10.9. The molecule has 0 spiro atoms. The molecule has 2 N–H and O–H groups in total. The number of hydrogen-bond donors (Lipinski definition) is 2. The third-order valence-electron chi connectivity index (χ3n) is 2.78. The summed E-state index contributed by atoms with van der Waals surface area (Å²) in [6.45, 7) is 8.33. The van der Waals surface area contributed by atoms with E-state index in [1.54, 1.807) is 12.1 Å². The fourth-order valence-electron chi connectivity index (χ4n) is 1.63. The van der Waals surface area contributed by atoms with Crippen LogP contribution in [-0.2, 0) is 3.74 Å². The summed E-state index contributed by atoms with van der Waals surface area (Å²) in [5.74, 6) is 0. The molecule has 0 amide bonds. The van der Waals surface area contributed by atoms with Crippen molar-refractivity contribution in [2.75, 3.05) is 31.5 Å². The Hall–Kier alpha value is -0.702. The number of anilines is 1. The molecule has 1 aromatic carbocycles. The van der Waals surface area contributed by atoms with Gasteiger partial charge in [0.25, 0.3) is 0 Å². The fraction of sp³-hybridized carbons (Fsp3) is 0.500. The first kappa shape index (κ1) is 14.4. The molecule has 0 aliphatic carbocycles. The van der Waals surface area contributed by atoms with E-state index in [1.807, 2.05) is 12.1 Å². The van der Waals surface area contributed by atoms with Gasteiger partial charge in [0.1, 0.15) is 0 Å². The molecule has 0 radical (unpaired) electrons. The van der Waals surface area contributed by atoms with Crippen molar-refractivity contribution in [1.29, 1.82) is 0 Å². The zero-order valence-corrected chi connectivity index (χ0v) is 12.5. The number of likely N-dealkylation sites (N-methyl/N-ethyl adjacent to an activating group) is 1. The second kappa shape index (κ2) is 7.59. The summed E-state index contributed by atoms with van der Waals surface area (Å²) in [6, 6.07) is 7.17. The van der Waals surface area contributed by atoms with E-state index in [0.29, 0.717) is 4.35 Å². The van der Waals surface area contributed by atoms with Crippen LogP contribution in [-0.4, -0.2) is 50.1 Å². The molecule has 0 saturated carbocycles. The first-order valence-corrected chi connectivity index (χ1v) is 8.81. The molecule has 1 rings (SSSR count). The van der Waals surface area contributed by atoms with Gasteiger partial charge in [-0.3, -0.25) is 0 Å².